The Labute approximate surface area is 152 Å². The highest BCUT2D eigenvalue weighted by molar-refractivity contribution is 5.97. The molecule has 0 aliphatic carbocycles. The predicted molar refractivity (Wildman–Crippen MR) is 98.1 cm³/mol. The fourth-order valence-electron chi connectivity index (χ4n) is 2.71. The lowest BCUT2D eigenvalue weighted by Gasteiger charge is -2.29. The Morgan fingerprint density at radius 3 is 2.96 bits per heavy atom. The van der Waals surface area contributed by atoms with Gasteiger partial charge in [0.05, 0.1) is 12.2 Å². The summed E-state index contributed by atoms with van der Waals surface area (Å²) < 4.78 is 7.17. The second kappa shape index (κ2) is 8.32. The Balaban J connectivity index is 1.46. The summed E-state index contributed by atoms with van der Waals surface area (Å²) in [4.78, 5) is 22.3. The molecular weight excluding hydrogens is 334 g/mol. The topological polar surface area (TPSA) is 96.7 Å². The lowest BCUT2D eigenvalue weighted by Crippen LogP contribution is -2.42. The number of ether oxygens (including phenoxy) is 1. The fourth-order valence-corrected chi connectivity index (χ4v) is 2.71. The largest absolute Gasteiger partial charge is 0.482 e. The van der Waals surface area contributed by atoms with Crippen molar-refractivity contribution in [2.75, 3.05) is 31.6 Å². The quantitative estimate of drug-likeness (QED) is 0.438. The minimum atomic E-state index is -0.0199. The van der Waals surface area contributed by atoms with Gasteiger partial charge in [0.15, 0.2) is 12.6 Å². The smallest absolute Gasteiger partial charge is 0.265 e. The lowest BCUT2D eigenvalue weighted by molar-refractivity contribution is -0.121. The molecule has 3 rings (SSSR count). The van der Waals surface area contributed by atoms with Gasteiger partial charge in [-0.2, -0.15) is 5.10 Å². The van der Waals surface area contributed by atoms with Gasteiger partial charge in [0.2, 0.25) is 0 Å². The van der Waals surface area contributed by atoms with Gasteiger partial charge >= 0.3 is 0 Å². The molecule has 138 valence electrons. The number of fused-ring (bicyclic) bond motifs is 1. The summed E-state index contributed by atoms with van der Waals surface area (Å²) >= 11 is 0. The molecule has 9 nitrogen and oxygen atoms in total. The van der Waals surface area contributed by atoms with Crippen molar-refractivity contribution in [3.8, 4) is 5.75 Å². The Kier molecular flexibility index (Phi) is 5.67. The van der Waals surface area contributed by atoms with Gasteiger partial charge in [-0.1, -0.05) is 12.1 Å². The molecule has 1 amide bonds. The van der Waals surface area contributed by atoms with Crippen LogP contribution >= 0.6 is 0 Å². The van der Waals surface area contributed by atoms with Gasteiger partial charge in [-0.3, -0.25) is 14.5 Å². The SMILES string of the molecule is CN=C(NCCCN1C(=O)COc2ccccc21)NCc1ncnn1C. The monoisotopic (exact) mass is 357 g/mol. The molecule has 0 unspecified atom stereocenters. The zero-order chi connectivity index (χ0) is 18.4. The Morgan fingerprint density at radius 2 is 2.19 bits per heavy atom. The summed E-state index contributed by atoms with van der Waals surface area (Å²) in [7, 11) is 3.56. The van der Waals surface area contributed by atoms with Crippen LogP contribution in [-0.4, -0.2) is 53.4 Å². The van der Waals surface area contributed by atoms with Crippen LogP contribution in [0, 0.1) is 0 Å². The molecule has 1 aliphatic heterocycles. The summed E-state index contributed by atoms with van der Waals surface area (Å²) in [6, 6.07) is 7.60. The van der Waals surface area contributed by atoms with E-state index in [-0.39, 0.29) is 12.5 Å². The molecule has 9 heteroatoms. The minimum Gasteiger partial charge on any atom is -0.482 e. The van der Waals surface area contributed by atoms with Gasteiger partial charge in [0.1, 0.15) is 17.9 Å². The number of hydrogen-bond acceptors (Lipinski definition) is 5. The van der Waals surface area contributed by atoms with Crippen molar-refractivity contribution in [3.63, 3.8) is 0 Å². The molecule has 26 heavy (non-hydrogen) atoms. The Morgan fingerprint density at radius 1 is 1.35 bits per heavy atom. The average Bonchev–Trinajstić information content (AvgIpc) is 3.07. The van der Waals surface area contributed by atoms with Crippen LogP contribution in [0.2, 0.25) is 0 Å². The van der Waals surface area contributed by atoms with E-state index in [0.29, 0.717) is 25.6 Å². The number of aliphatic imine (C=N–C) groups is 1. The number of rotatable bonds is 6. The standard InChI is InChI=1S/C17H23N7O2/c1-18-17(20-10-15-21-12-22-23(15)2)19-8-5-9-24-13-6-3-4-7-14(13)26-11-16(24)25/h3-4,6-7,12H,5,8-11H2,1-2H3,(H2,18,19,20). The van der Waals surface area contributed by atoms with E-state index in [1.165, 1.54) is 6.33 Å². The molecule has 2 aromatic rings. The van der Waals surface area contributed by atoms with E-state index in [2.05, 4.69) is 25.7 Å². The zero-order valence-electron chi connectivity index (χ0n) is 15.0. The van der Waals surface area contributed by atoms with Crippen molar-refractivity contribution >= 4 is 17.6 Å². The highest BCUT2D eigenvalue weighted by atomic mass is 16.5. The van der Waals surface area contributed by atoms with Crippen molar-refractivity contribution in [2.45, 2.75) is 13.0 Å². The van der Waals surface area contributed by atoms with Crippen LogP contribution in [0.1, 0.15) is 12.2 Å². The van der Waals surface area contributed by atoms with Gasteiger partial charge in [-0.15, -0.1) is 0 Å². The number of nitrogens with one attached hydrogen (secondary N) is 2. The summed E-state index contributed by atoms with van der Waals surface area (Å²) in [5.41, 5.74) is 0.827. The molecule has 0 fully saturated rings. The molecule has 0 radical (unpaired) electrons. The van der Waals surface area contributed by atoms with E-state index in [1.807, 2.05) is 31.3 Å². The zero-order valence-corrected chi connectivity index (χ0v) is 15.0. The van der Waals surface area contributed by atoms with E-state index in [9.17, 15) is 4.79 Å². The van der Waals surface area contributed by atoms with Crippen LogP contribution in [0.5, 0.6) is 5.75 Å². The van der Waals surface area contributed by atoms with Crippen LogP contribution in [0.15, 0.2) is 35.6 Å². The van der Waals surface area contributed by atoms with Gasteiger partial charge in [-0.05, 0) is 18.6 Å². The van der Waals surface area contributed by atoms with Crippen molar-refractivity contribution in [2.24, 2.45) is 12.0 Å². The van der Waals surface area contributed by atoms with E-state index in [1.54, 1.807) is 16.6 Å². The molecule has 1 aromatic heterocycles. The number of aromatic nitrogens is 3. The maximum atomic E-state index is 12.1. The highest BCUT2D eigenvalue weighted by Gasteiger charge is 2.24. The third kappa shape index (κ3) is 4.11. The average molecular weight is 357 g/mol. The van der Waals surface area contributed by atoms with Gasteiger partial charge < -0.3 is 20.3 Å². The van der Waals surface area contributed by atoms with Gasteiger partial charge in [0, 0.05) is 27.2 Å². The molecule has 1 aromatic carbocycles. The first-order chi connectivity index (χ1) is 12.7. The molecule has 0 saturated heterocycles. The van der Waals surface area contributed by atoms with E-state index >= 15 is 0 Å². The molecular formula is C17H23N7O2. The predicted octanol–water partition coefficient (Wildman–Crippen LogP) is 0.296. The second-order valence-electron chi connectivity index (χ2n) is 5.81. The Bertz CT molecular complexity index is 787. The maximum absolute atomic E-state index is 12.1. The normalized spacial score (nSPS) is 14.0. The number of anilines is 1. The molecule has 0 atom stereocenters. The molecule has 0 saturated carbocycles. The number of amides is 1. The number of carbonyl (C=O) groups is 1. The fraction of sp³-hybridized carbons (Fsp3) is 0.412. The summed E-state index contributed by atoms with van der Waals surface area (Å²) in [6.07, 6.45) is 2.30. The first-order valence-electron chi connectivity index (χ1n) is 8.48. The maximum Gasteiger partial charge on any atom is 0.265 e. The number of carbonyl (C=O) groups excluding carboxylic acids is 1. The number of hydrogen-bond donors (Lipinski definition) is 2. The third-order valence-electron chi connectivity index (χ3n) is 4.10. The van der Waals surface area contributed by atoms with Crippen LogP contribution < -0.4 is 20.3 Å². The van der Waals surface area contributed by atoms with Gasteiger partial charge in [0.25, 0.3) is 5.91 Å². The van der Waals surface area contributed by atoms with Gasteiger partial charge in [-0.25, -0.2) is 4.98 Å². The second-order valence-corrected chi connectivity index (χ2v) is 5.81. The van der Waals surface area contributed by atoms with Crippen molar-refractivity contribution < 1.29 is 9.53 Å². The van der Waals surface area contributed by atoms with E-state index in [4.69, 9.17) is 4.74 Å². The highest BCUT2D eigenvalue weighted by Crippen LogP contribution is 2.31. The van der Waals surface area contributed by atoms with Crippen LogP contribution in [-0.2, 0) is 18.4 Å². The summed E-state index contributed by atoms with van der Waals surface area (Å²) in [5.74, 6) is 2.24. The van der Waals surface area contributed by atoms with Crippen molar-refractivity contribution in [1.29, 1.82) is 0 Å². The summed E-state index contributed by atoms with van der Waals surface area (Å²) in [6.45, 7) is 1.93. The first kappa shape index (κ1) is 17.7. The van der Waals surface area contributed by atoms with Crippen LogP contribution in [0.4, 0.5) is 5.69 Å². The number of nitrogens with zero attached hydrogens (tertiary/aromatic N) is 5. The Hall–Kier alpha value is -3.10. The van der Waals surface area contributed by atoms with E-state index < -0.39 is 0 Å². The first-order valence-corrected chi connectivity index (χ1v) is 8.48. The summed E-state index contributed by atoms with van der Waals surface area (Å²) in [5, 5.41) is 10.5. The van der Waals surface area contributed by atoms with E-state index in [0.717, 1.165) is 23.7 Å². The van der Waals surface area contributed by atoms with Crippen LogP contribution in [0.3, 0.4) is 0 Å². The number of benzene rings is 1. The van der Waals surface area contributed by atoms with Crippen molar-refractivity contribution in [1.82, 2.24) is 25.4 Å². The molecule has 1 aliphatic rings. The molecule has 2 heterocycles. The van der Waals surface area contributed by atoms with Crippen LogP contribution in [0.25, 0.3) is 0 Å². The minimum absolute atomic E-state index is 0.0199. The molecule has 2 N–H and O–H groups in total. The molecule has 0 bridgehead atoms. The van der Waals surface area contributed by atoms with Crippen molar-refractivity contribution in [3.05, 3.63) is 36.4 Å². The third-order valence-corrected chi connectivity index (χ3v) is 4.10. The number of guanidine groups is 1. The number of para-hydroxylation sites is 2. The number of aryl methyl sites for hydroxylation is 1. The molecule has 0 spiro atoms. The lowest BCUT2D eigenvalue weighted by atomic mass is 10.2.